The van der Waals surface area contributed by atoms with Gasteiger partial charge < -0.3 is 10.7 Å². The fraction of sp³-hybridized carbons (Fsp3) is 0.273. The molecule has 5 N–H and O–H groups in total. The number of carbonyl (C=O) groups excluding carboxylic acids is 1. The summed E-state index contributed by atoms with van der Waals surface area (Å²) in [4.78, 5) is 20.2. The lowest BCUT2D eigenvalue weighted by molar-refractivity contribution is 0.0939. The van der Waals surface area contributed by atoms with E-state index in [0.717, 1.165) is 5.69 Å². The van der Waals surface area contributed by atoms with E-state index in [-0.39, 0.29) is 11.9 Å². The Hall–Kier alpha value is -2.48. The minimum Gasteiger partial charge on any atom is -0.342 e. The first-order valence-electron chi connectivity index (χ1n) is 5.71. The quantitative estimate of drug-likeness (QED) is 0.463. The highest BCUT2D eigenvalue weighted by Gasteiger charge is 2.16. The van der Waals surface area contributed by atoms with Crippen LogP contribution in [0.5, 0.6) is 0 Å². The molecule has 2 aromatic rings. The van der Waals surface area contributed by atoms with Crippen LogP contribution >= 0.6 is 0 Å². The second kappa shape index (κ2) is 5.44. The number of anilines is 1. The summed E-state index contributed by atoms with van der Waals surface area (Å²) in [7, 11) is 0. The van der Waals surface area contributed by atoms with Gasteiger partial charge >= 0.3 is 0 Å². The third-order valence-corrected chi connectivity index (χ3v) is 2.63. The molecule has 0 radical (unpaired) electrons. The zero-order valence-electron chi connectivity index (χ0n) is 10.6. The van der Waals surface area contributed by atoms with Crippen molar-refractivity contribution in [3.05, 3.63) is 35.7 Å². The first kappa shape index (κ1) is 13.0. The molecule has 0 spiro atoms. The Labute approximate surface area is 109 Å². The summed E-state index contributed by atoms with van der Waals surface area (Å²) in [5.74, 6) is 5.69. The van der Waals surface area contributed by atoms with Gasteiger partial charge in [-0.05, 0) is 19.9 Å². The maximum Gasteiger partial charge on any atom is 0.255 e. The lowest BCUT2D eigenvalue weighted by Crippen LogP contribution is -2.28. The topological polar surface area (TPSA) is 122 Å². The largest absolute Gasteiger partial charge is 0.342 e. The number of hydrazine groups is 1. The number of H-pyrrole nitrogens is 1. The summed E-state index contributed by atoms with van der Waals surface area (Å²) in [6.07, 6.45) is 2.87. The molecule has 0 bridgehead atoms. The Morgan fingerprint density at radius 3 is 2.89 bits per heavy atom. The number of aryl methyl sites for hydroxylation is 1. The van der Waals surface area contributed by atoms with E-state index in [1.54, 1.807) is 13.0 Å². The Bertz CT molecular complexity index is 566. The highest BCUT2D eigenvalue weighted by molar-refractivity contribution is 5.99. The molecule has 0 aromatic carbocycles. The fourth-order valence-corrected chi connectivity index (χ4v) is 1.63. The lowest BCUT2D eigenvalue weighted by Gasteiger charge is -2.13. The van der Waals surface area contributed by atoms with Crippen LogP contribution in [0.4, 0.5) is 5.69 Å². The SMILES string of the molecule is Cc1cc(NN)c(C(=O)NC(C)c2ncn[nH]2)cn1. The minimum absolute atomic E-state index is 0.288. The number of aromatic nitrogens is 4. The molecule has 8 heteroatoms. The zero-order chi connectivity index (χ0) is 13.8. The average molecular weight is 261 g/mol. The van der Waals surface area contributed by atoms with E-state index in [2.05, 4.69) is 30.9 Å². The van der Waals surface area contributed by atoms with E-state index in [4.69, 9.17) is 5.84 Å². The van der Waals surface area contributed by atoms with Crippen molar-refractivity contribution in [1.29, 1.82) is 0 Å². The van der Waals surface area contributed by atoms with Gasteiger partial charge in [0.25, 0.3) is 5.91 Å². The van der Waals surface area contributed by atoms with Crippen LogP contribution in [0.1, 0.15) is 34.8 Å². The lowest BCUT2D eigenvalue weighted by atomic mass is 10.2. The van der Waals surface area contributed by atoms with Crippen LogP contribution in [-0.4, -0.2) is 26.1 Å². The molecular formula is C11H15N7O. The van der Waals surface area contributed by atoms with Crippen LogP contribution in [-0.2, 0) is 0 Å². The molecule has 1 amide bonds. The van der Waals surface area contributed by atoms with Crippen molar-refractivity contribution in [3.63, 3.8) is 0 Å². The Morgan fingerprint density at radius 1 is 1.47 bits per heavy atom. The van der Waals surface area contributed by atoms with E-state index in [0.29, 0.717) is 17.1 Å². The third kappa shape index (κ3) is 2.86. The van der Waals surface area contributed by atoms with Crippen LogP contribution in [0.3, 0.4) is 0 Å². The molecule has 1 unspecified atom stereocenters. The third-order valence-electron chi connectivity index (χ3n) is 2.63. The maximum absolute atomic E-state index is 12.1. The molecule has 2 heterocycles. The van der Waals surface area contributed by atoms with Crippen molar-refractivity contribution in [3.8, 4) is 0 Å². The van der Waals surface area contributed by atoms with Crippen LogP contribution in [0.25, 0.3) is 0 Å². The molecular weight excluding hydrogens is 246 g/mol. The number of aromatic amines is 1. The predicted molar refractivity (Wildman–Crippen MR) is 69.0 cm³/mol. The van der Waals surface area contributed by atoms with Gasteiger partial charge in [-0.25, -0.2) is 4.98 Å². The molecule has 0 saturated heterocycles. The second-order valence-electron chi connectivity index (χ2n) is 4.08. The van der Waals surface area contributed by atoms with E-state index in [1.807, 2.05) is 6.92 Å². The van der Waals surface area contributed by atoms with Crippen molar-refractivity contribution < 1.29 is 4.79 Å². The molecule has 0 aliphatic heterocycles. The van der Waals surface area contributed by atoms with Gasteiger partial charge in [0.15, 0.2) is 0 Å². The van der Waals surface area contributed by atoms with Crippen molar-refractivity contribution >= 4 is 11.6 Å². The van der Waals surface area contributed by atoms with E-state index in [9.17, 15) is 4.79 Å². The number of hydrogen-bond donors (Lipinski definition) is 4. The molecule has 1 atom stereocenters. The highest BCUT2D eigenvalue weighted by atomic mass is 16.1. The van der Waals surface area contributed by atoms with Crippen LogP contribution in [0.15, 0.2) is 18.6 Å². The normalized spacial score (nSPS) is 11.9. The van der Waals surface area contributed by atoms with Gasteiger partial charge in [0.1, 0.15) is 12.2 Å². The summed E-state index contributed by atoms with van der Waals surface area (Å²) < 4.78 is 0. The van der Waals surface area contributed by atoms with Crippen LogP contribution in [0, 0.1) is 6.92 Å². The van der Waals surface area contributed by atoms with Crippen molar-refractivity contribution in [1.82, 2.24) is 25.5 Å². The smallest absolute Gasteiger partial charge is 0.255 e. The summed E-state index contributed by atoms with van der Waals surface area (Å²) in [5.41, 5.74) is 4.16. The molecule has 2 aromatic heterocycles. The molecule has 0 fully saturated rings. The van der Waals surface area contributed by atoms with Crippen LogP contribution in [0.2, 0.25) is 0 Å². The highest BCUT2D eigenvalue weighted by Crippen LogP contribution is 2.15. The molecule has 0 saturated carbocycles. The molecule has 8 nitrogen and oxygen atoms in total. The molecule has 100 valence electrons. The average Bonchev–Trinajstić information content (AvgIpc) is 2.92. The number of pyridine rings is 1. The van der Waals surface area contributed by atoms with E-state index >= 15 is 0 Å². The van der Waals surface area contributed by atoms with Gasteiger partial charge in [0.05, 0.1) is 17.3 Å². The summed E-state index contributed by atoms with van der Waals surface area (Å²) in [6.45, 7) is 3.62. The predicted octanol–water partition coefficient (Wildman–Crippen LogP) is 0.285. The first-order chi connectivity index (χ1) is 9.11. The number of nitrogen functional groups attached to an aromatic ring is 1. The van der Waals surface area contributed by atoms with Gasteiger partial charge in [-0.2, -0.15) is 5.10 Å². The number of carbonyl (C=O) groups is 1. The number of hydrogen-bond acceptors (Lipinski definition) is 6. The summed E-state index contributed by atoms with van der Waals surface area (Å²) in [5, 5.41) is 9.22. The summed E-state index contributed by atoms with van der Waals surface area (Å²) in [6, 6.07) is 1.41. The van der Waals surface area contributed by atoms with Gasteiger partial charge in [-0.1, -0.05) is 0 Å². The second-order valence-corrected chi connectivity index (χ2v) is 4.08. The summed E-state index contributed by atoms with van der Waals surface area (Å²) >= 11 is 0. The van der Waals surface area contributed by atoms with E-state index in [1.165, 1.54) is 12.5 Å². The van der Waals surface area contributed by atoms with Crippen LogP contribution < -0.4 is 16.6 Å². The fourth-order valence-electron chi connectivity index (χ4n) is 1.63. The van der Waals surface area contributed by atoms with Crippen molar-refractivity contribution in [2.75, 3.05) is 5.43 Å². The number of nitrogens with two attached hydrogens (primary N) is 1. The molecule has 19 heavy (non-hydrogen) atoms. The van der Waals surface area contributed by atoms with Gasteiger partial charge in [-0.15, -0.1) is 0 Å². The van der Waals surface area contributed by atoms with Gasteiger partial charge in [0, 0.05) is 11.9 Å². The number of nitrogens with one attached hydrogen (secondary N) is 3. The number of amides is 1. The van der Waals surface area contributed by atoms with Gasteiger partial charge in [0.2, 0.25) is 0 Å². The Balaban J connectivity index is 2.16. The zero-order valence-corrected chi connectivity index (χ0v) is 10.6. The Kier molecular flexibility index (Phi) is 3.71. The van der Waals surface area contributed by atoms with Crippen molar-refractivity contribution in [2.24, 2.45) is 5.84 Å². The van der Waals surface area contributed by atoms with Gasteiger partial charge in [-0.3, -0.25) is 20.7 Å². The molecule has 0 aliphatic rings. The maximum atomic E-state index is 12.1. The standard InChI is InChI=1S/C11H15N7O/c1-6-3-9(17-12)8(4-13-6)11(19)16-7(2)10-14-5-15-18-10/h3-5,7H,12H2,1-2H3,(H,13,17)(H,16,19)(H,14,15,18). The monoisotopic (exact) mass is 261 g/mol. The first-order valence-corrected chi connectivity index (χ1v) is 5.71. The minimum atomic E-state index is -0.290. The molecule has 2 rings (SSSR count). The number of nitrogens with zero attached hydrogens (tertiary/aromatic N) is 3. The van der Waals surface area contributed by atoms with Crippen molar-refractivity contribution in [2.45, 2.75) is 19.9 Å². The van der Waals surface area contributed by atoms with E-state index < -0.39 is 0 Å². The number of rotatable bonds is 4. The Morgan fingerprint density at radius 2 is 2.26 bits per heavy atom. The molecule has 0 aliphatic carbocycles.